The van der Waals surface area contributed by atoms with Crippen molar-refractivity contribution in [3.63, 3.8) is 0 Å². The van der Waals surface area contributed by atoms with Crippen LogP contribution in [0.25, 0.3) is 0 Å². The molecule has 0 spiro atoms. The van der Waals surface area contributed by atoms with Gasteiger partial charge in [-0.25, -0.2) is 0 Å². The van der Waals surface area contributed by atoms with E-state index in [1.165, 1.54) is 22.3 Å². The first-order chi connectivity index (χ1) is 13.2. The number of aliphatic carboxylic acids is 1. The molecule has 4 heteroatoms. The Labute approximate surface area is 178 Å². The highest BCUT2D eigenvalue weighted by molar-refractivity contribution is 7.80. The van der Waals surface area contributed by atoms with Crippen molar-refractivity contribution in [2.75, 3.05) is 19.3 Å². The quantitative estimate of drug-likeness (QED) is 0.257. The molecule has 0 amide bonds. The first-order valence-corrected chi connectivity index (χ1v) is 10.9. The van der Waals surface area contributed by atoms with E-state index in [4.69, 9.17) is 5.11 Å². The predicted molar refractivity (Wildman–Crippen MR) is 126 cm³/mol. The van der Waals surface area contributed by atoms with E-state index in [9.17, 15) is 4.79 Å². The summed E-state index contributed by atoms with van der Waals surface area (Å²) in [5.41, 5.74) is 5.62. The first-order valence-electron chi connectivity index (χ1n) is 10.3. The van der Waals surface area contributed by atoms with Gasteiger partial charge in [-0.15, -0.1) is 0 Å². The van der Waals surface area contributed by atoms with Crippen LogP contribution < -0.4 is 0 Å². The van der Waals surface area contributed by atoms with E-state index in [2.05, 4.69) is 71.6 Å². The van der Waals surface area contributed by atoms with Crippen molar-refractivity contribution in [2.24, 2.45) is 0 Å². The van der Waals surface area contributed by atoms with Gasteiger partial charge in [-0.1, -0.05) is 46.6 Å². The van der Waals surface area contributed by atoms with Crippen LogP contribution in [0.5, 0.6) is 0 Å². The molecular weight excluding hydrogens is 366 g/mol. The lowest BCUT2D eigenvalue weighted by molar-refractivity contribution is -0.141. The summed E-state index contributed by atoms with van der Waals surface area (Å²) in [6.07, 6.45) is 15.7. The number of hydrogen-bond acceptors (Lipinski definition) is 3. The van der Waals surface area contributed by atoms with Gasteiger partial charge in [0.05, 0.1) is 0 Å². The van der Waals surface area contributed by atoms with Crippen LogP contribution in [-0.2, 0) is 4.79 Å². The maximum Gasteiger partial charge on any atom is 0.321 e. The third kappa shape index (κ3) is 13.8. The minimum atomic E-state index is -0.816. The average molecular weight is 408 g/mol. The Balaban J connectivity index is 4.22. The van der Waals surface area contributed by atoms with Crippen molar-refractivity contribution in [3.8, 4) is 0 Å². The van der Waals surface area contributed by atoms with Crippen LogP contribution in [0.3, 0.4) is 0 Å². The minimum absolute atomic E-state index is 0.323. The zero-order chi connectivity index (χ0) is 21.5. The number of nitrogens with zero attached hydrogens (tertiary/aromatic N) is 1. The van der Waals surface area contributed by atoms with E-state index in [1.807, 2.05) is 11.9 Å². The molecule has 0 radical (unpaired) electrons. The molecule has 0 saturated carbocycles. The van der Waals surface area contributed by atoms with E-state index in [-0.39, 0.29) is 0 Å². The summed E-state index contributed by atoms with van der Waals surface area (Å²) in [6.45, 7) is 11.5. The van der Waals surface area contributed by atoms with Crippen LogP contribution in [-0.4, -0.2) is 41.4 Å². The van der Waals surface area contributed by atoms with Crippen LogP contribution in [0.4, 0.5) is 0 Å². The summed E-state index contributed by atoms with van der Waals surface area (Å²) < 4.78 is 0. The molecule has 0 heterocycles. The molecule has 0 aliphatic rings. The van der Waals surface area contributed by atoms with Crippen LogP contribution in [0.2, 0.25) is 0 Å². The van der Waals surface area contributed by atoms with Gasteiger partial charge < -0.3 is 5.11 Å². The number of hydrogen-bond donors (Lipinski definition) is 2. The van der Waals surface area contributed by atoms with Crippen LogP contribution in [0, 0.1) is 0 Å². The molecule has 1 atom stereocenters. The molecule has 0 bridgehead atoms. The molecule has 1 N–H and O–H groups in total. The maximum absolute atomic E-state index is 11.1. The monoisotopic (exact) mass is 407 g/mol. The standard InChI is InChI=1S/C24H41NO2S/c1-19(2)10-7-11-20(3)12-8-13-21(4)14-9-15-22(5)16-17-25(6)23(18-28)24(26)27/h10,12,14,16,23,28H,7-9,11,13,15,17-18H2,1-6H3,(H,26,27)/b20-12+,21-14+,22-16+/t23-/m0/s1. The van der Waals surface area contributed by atoms with Gasteiger partial charge in [0.25, 0.3) is 0 Å². The summed E-state index contributed by atoms with van der Waals surface area (Å²) in [4.78, 5) is 13.0. The summed E-state index contributed by atoms with van der Waals surface area (Å²) in [7, 11) is 1.83. The predicted octanol–water partition coefficient (Wildman–Crippen LogP) is 6.45. The summed E-state index contributed by atoms with van der Waals surface area (Å²) in [5, 5.41) is 9.16. The molecule has 0 aromatic carbocycles. The number of carboxylic acid groups (broad SMARTS) is 1. The number of rotatable bonds is 14. The van der Waals surface area contributed by atoms with Gasteiger partial charge in [-0.2, -0.15) is 12.6 Å². The Hall–Kier alpha value is -1.26. The Bertz CT molecular complexity index is 583. The van der Waals surface area contributed by atoms with E-state index < -0.39 is 12.0 Å². The zero-order valence-electron chi connectivity index (χ0n) is 18.8. The average Bonchev–Trinajstić information content (AvgIpc) is 2.60. The Morgan fingerprint density at radius 2 is 1.29 bits per heavy atom. The SMILES string of the molecule is CC(C)=CCC/C(C)=C/CC/C(C)=C/CC/C(C)=C/CN(C)[C@@H](CS)C(=O)O. The van der Waals surface area contributed by atoms with Gasteiger partial charge >= 0.3 is 5.97 Å². The number of carboxylic acids is 1. The fourth-order valence-corrected chi connectivity index (χ4v) is 3.26. The van der Waals surface area contributed by atoms with Gasteiger partial charge in [0.15, 0.2) is 0 Å². The van der Waals surface area contributed by atoms with E-state index in [1.54, 1.807) is 0 Å². The Morgan fingerprint density at radius 3 is 1.68 bits per heavy atom. The topological polar surface area (TPSA) is 40.5 Å². The lowest BCUT2D eigenvalue weighted by atomic mass is 10.0. The van der Waals surface area contributed by atoms with Crippen molar-refractivity contribution in [2.45, 2.75) is 79.2 Å². The second-order valence-corrected chi connectivity index (χ2v) is 8.39. The molecule has 28 heavy (non-hydrogen) atoms. The number of allylic oxidation sites excluding steroid dienone is 7. The Kier molecular flexibility index (Phi) is 14.9. The molecule has 0 fully saturated rings. The second-order valence-electron chi connectivity index (χ2n) is 8.03. The minimum Gasteiger partial charge on any atom is -0.480 e. The number of thiol groups is 1. The fourth-order valence-electron chi connectivity index (χ4n) is 2.82. The molecular formula is C24H41NO2S. The molecule has 0 unspecified atom stereocenters. The third-order valence-corrected chi connectivity index (χ3v) is 5.22. The molecule has 0 aromatic rings. The fraction of sp³-hybridized carbons (Fsp3) is 0.625. The highest BCUT2D eigenvalue weighted by Gasteiger charge is 2.19. The van der Waals surface area contributed by atoms with E-state index in [0.717, 1.165) is 38.5 Å². The molecule has 0 aliphatic heterocycles. The van der Waals surface area contributed by atoms with Crippen molar-refractivity contribution in [3.05, 3.63) is 46.6 Å². The summed E-state index contributed by atoms with van der Waals surface area (Å²) in [6, 6.07) is -0.534. The van der Waals surface area contributed by atoms with Gasteiger partial charge in [0.1, 0.15) is 6.04 Å². The largest absolute Gasteiger partial charge is 0.480 e. The molecule has 0 rings (SSSR count). The van der Waals surface area contributed by atoms with Crippen LogP contribution in [0.1, 0.15) is 73.1 Å². The third-order valence-electron chi connectivity index (χ3n) is 4.87. The van der Waals surface area contributed by atoms with Crippen molar-refractivity contribution in [1.29, 1.82) is 0 Å². The first kappa shape index (κ1) is 26.7. The van der Waals surface area contributed by atoms with Crippen molar-refractivity contribution >= 4 is 18.6 Å². The maximum atomic E-state index is 11.1. The second kappa shape index (κ2) is 15.6. The Morgan fingerprint density at radius 1 is 0.857 bits per heavy atom. The molecule has 0 aliphatic carbocycles. The van der Waals surface area contributed by atoms with Crippen LogP contribution in [0.15, 0.2) is 46.6 Å². The van der Waals surface area contributed by atoms with Gasteiger partial charge in [-0.3, -0.25) is 9.69 Å². The van der Waals surface area contributed by atoms with Gasteiger partial charge in [-0.05, 0) is 80.2 Å². The smallest absolute Gasteiger partial charge is 0.321 e. The summed E-state index contributed by atoms with van der Waals surface area (Å²) in [5.74, 6) is -0.493. The van der Waals surface area contributed by atoms with Gasteiger partial charge in [0.2, 0.25) is 0 Å². The molecule has 3 nitrogen and oxygen atoms in total. The number of likely N-dealkylation sites (N-methyl/N-ethyl adjacent to an activating group) is 1. The van der Waals surface area contributed by atoms with E-state index in [0.29, 0.717) is 12.3 Å². The zero-order valence-corrected chi connectivity index (χ0v) is 19.7. The highest BCUT2D eigenvalue weighted by Crippen LogP contribution is 2.13. The highest BCUT2D eigenvalue weighted by atomic mass is 32.1. The number of carbonyl (C=O) groups is 1. The van der Waals surface area contributed by atoms with Crippen LogP contribution >= 0.6 is 12.6 Å². The molecule has 0 saturated heterocycles. The molecule has 0 aromatic heterocycles. The van der Waals surface area contributed by atoms with Gasteiger partial charge in [0, 0.05) is 12.3 Å². The van der Waals surface area contributed by atoms with Crippen molar-refractivity contribution in [1.82, 2.24) is 4.90 Å². The normalized spacial score (nSPS) is 14.4. The lowest BCUT2D eigenvalue weighted by Gasteiger charge is -2.21. The van der Waals surface area contributed by atoms with E-state index >= 15 is 0 Å². The lowest BCUT2D eigenvalue weighted by Crippen LogP contribution is -2.40. The summed E-state index contributed by atoms with van der Waals surface area (Å²) >= 11 is 4.13. The molecule has 160 valence electrons. The van der Waals surface area contributed by atoms with Crippen molar-refractivity contribution < 1.29 is 9.90 Å².